The van der Waals surface area contributed by atoms with E-state index in [4.69, 9.17) is 10.5 Å². The van der Waals surface area contributed by atoms with Gasteiger partial charge >= 0.3 is 0 Å². The lowest BCUT2D eigenvalue weighted by Crippen LogP contribution is -2.15. The molecule has 2 rings (SSSR count). The molecule has 0 aromatic heterocycles. The average molecular weight is 284 g/mol. The van der Waals surface area contributed by atoms with Crippen LogP contribution in [0.5, 0.6) is 11.5 Å². The quantitative estimate of drug-likeness (QED) is 0.855. The van der Waals surface area contributed by atoms with Gasteiger partial charge in [0.2, 0.25) is 5.91 Å². The van der Waals surface area contributed by atoms with Gasteiger partial charge < -0.3 is 15.8 Å². The number of carbonyl (C=O) groups is 1. The Morgan fingerprint density at radius 3 is 2.43 bits per heavy atom. The molecule has 110 valence electrons. The number of hydrogen-bond acceptors (Lipinski definition) is 3. The van der Waals surface area contributed by atoms with E-state index in [0.29, 0.717) is 11.3 Å². The van der Waals surface area contributed by atoms with Crippen LogP contribution in [0.15, 0.2) is 48.5 Å². The summed E-state index contributed by atoms with van der Waals surface area (Å²) in [4.78, 5) is 11.1. The van der Waals surface area contributed by atoms with E-state index >= 15 is 0 Å². The van der Waals surface area contributed by atoms with E-state index < -0.39 is 5.91 Å². The highest BCUT2D eigenvalue weighted by Gasteiger charge is 2.13. The second-order valence-corrected chi connectivity index (χ2v) is 4.78. The number of rotatable bonds is 6. The normalized spacial score (nSPS) is 11.9. The number of ether oxygens (including phenoxy) is 1. The van der Waals surface area contributed by atoms with Crippen LogP contribution in [0.2, 0.25) is 0 Å². The Balaban J connectivity index is 2.25. The number of para-hydroxylation sites is 1. The van der Waals surface area contributed by atoms with Crippen molar-refractivity contribution >= 4 is 5.91 Å². The second-order valence-electron chi connectivity index (χ2n) is 4.78. The van der Waals surface area contributed by atoms with E-state index in [-0.39, 0.29) is 6.04 Å². The third-order valence-electron chi connectivity index (χ3n) is 3.42. The first-order chi connectivity index (χ1) is 10.2. The first-order valence-corrected chi connectivity index (χ1v) is 6.99. The molecule has 1 atom stereocenters. The van der Waals surface area contributed by atoms with Crippen molar-refractivity contribution in [3.8, 4) is 11.5 Å². The molecule has 1 amide bonds. The Hall–Kier alpha value is -2.33. The Labute approximate surface area is 124 Å². The van der Waals surface area contributed by atoms with Gasteiger partial charge in [0.15, 0.2) is 0 Å². The fourth-order valence-corrected chi connectivity index (χ4v) is 2.26. The fraction of sp³-hybridized carbons (Fsp3) is 0.235. The maximum atomic E-state index is 11.1. The molecular formula is C17H20N2O2. The summed E-state index contributed by atoms with van der Waals surface area (Å²) >= 11 is 0. The van der Waals surface area contributed by atoms with Crippen LogP contribution in [0, 0.1) is 0 Å². The second kappa shape index (κ2) is 6.90. The Morgan fingerprint density at radius 1 is 1.19 bits per heavy atom. The van der Waals surface area contributed by atoms with Crippen LogP contribution in [-0.2, 0) is 0 Å². The molecule has 0 fully saturated rings. The van der Waals surface area contributed by atoms with Crippen molar-refractivity contribution in [3.05, 3.63) is 59.7 Å². The maximum Gasteiger partial charge on any atom is 0.248 e. The van der Waals surface area contributed by atoms with E-state index in [1.807, 2.05) is 25.2 Å². The molecule has 0 bridgehead atoms. The van der Waals surface area contributed by atoms with Crippen molar-refractivity contribution in [2.24, 2.45) is 5.73 Å². The number of benzene rings is 2. The predicted molar refractivity (Wildman–Crippen MR) is 83.6 cm³/mol. The Kier molecular flexibility index (Phi) is 4.95. The van der Waals surface area contributed by atoms with Gasteiger partial charge in [-0.2, -0.15) is 0 Å². The highest BCUT2D eigenvalue weighted by molar-refractivity contribution is 5.92. The monoisotopic (exact) mass is 284 g/mol. The summed E-state index contributed by atoms with van der Waals surface area (Å²) in [6, 6.07) is 15.0. The lowest BCUT2D eigenvalue weighted by molar-refractivity contribution is 0.100. The van der Waals surface area contributed by atoms with E-state index in [9.17, 15) is 4.79 Å². The molecule has 0 spiro atoms. The predicted octanol–water partition coefficient (Wildman–Crippen LogP) is 3.25. The fourth-order valence-electron chi connectivity index (χ4n) is 2.26. The van der Waals surface area contributed by atoms with Crippen molar-refractivity contribution < 1.29 is 9.53 Å². The van der Waals surface area contributed by atoms with Crippen LogP contribution in [-0.4, -0.2) is 13.0 Å². The molecule has 0 aliphatic carbocycles. The van der Waals surface area contributed by atoms with E-state index in [1.165, 1.54) is 0 Å². The number of carbonyl (C=O) groups excluding carboxylic acids is 1. The van der Waals surface area contributed by atoms with E-state index in [0.717, 1.165) is 17.7 Å². The molecule has 1 unspecified atom stereocenters. The topological polar surface area (TPSA) is 64.3 Å². The Morgan fingerprint density at radius 2 is 1.86 bits per heavy atom. The van der Waals surface area contributed by atoms with Gasteiger partial charge in [-0.1, -0.05) is 25.1 Å². The van der Waals surface area contributed by atoms with Crippen molar-refractivity contribution in [1.82, 2.24) is 5.32 Å². The van der Waals surface area contributed by atoms with Crippen LogP contribution in [0.3, 0.4) is 0 Å². The maximum absolute atomic E-state index is 11.1. The SMILES string of the molecule is CCC(NC)c1ccccc1Oc1ccc(C(N)=O)cc1. The summed E-state index contributed by atoms with van der Waals surface area (Å²) < 4.78 is 5.94. The lowest BCUT2D eigenvalue weighted by Gasteiger charge is -2.18. The van der Waals surface area contributed by atoms with Gasteiger partial charge in [0, 0.05) is 17.2 Å². The summed E-state index contributed by atoms with van der Waals surface area (Å²) in [6.07, 6.45) is 0.970. The van der Waals surface area contributed by atoms with Gasteiger partial charge in [0.05, 0.1) is 0 Å². The third kappa shape index (κ3) is 3.61. The summed E-state index contributed by atoms with van der Waals surface area (Å²) in [6.45, 7) is 2.12. The molecule has 21 heavy (non-hydrogen) atoms. The molecule has 4 heteroatoms. The van der Waals surface area contributed by atoms with Gasteiger partial charge in [-0.05, 0) is 43.8 Å². The van der Waals surface area contributed by atoms with Crippen molar-refractivity contribution in [3.63, 3.8) is 0 Å². The largest absolute Gasteiger partial charge is 0.457 e. The van der Waals surface area contributed by atoms with Crippen LogP contribution < -0.4 is 15.8 Å². The van der Waals surface area contributed by atoms with Gasteiger partial charge in [-0.3, -0.25) is 4.79 Å². The summed E-state index contributed by atoms with van der Waals surface area (Å²) in [7, 11) is 1.94. The van der Waals surface area contributed by atoms with E-state index in [1.54, 1.807) is 24.3 Å². The summed E-state index contributed by atoms with van der Waals surface area (Å²) in [5.74, 6) is 1.05. The molecule has 4 nitrogen and oxygen atoms in total. The van der Waals surface area contributed by atoms with Crippen LogP contribution in [0.1, 0.15) is 35.3 Å². The zero-order valence-corrected chi connectivity index (χ0v) is 12.3. The highest BCUT2D eigenvalue weighted by atomic mass is 16.5. The molecule has 2 aromatic carbocycles. The molecule has 0 aliphatic heterocycles. The molecular weight excluding hydrogens is 264 g/mol. The zero-order chi connectivity index (χ0) is 15.2. The lowest BCUT2D eigenvalue weighted by atomic mass is 10.0. The zero-order valence-electron chi connectivity index (χ0n) is 12.3. The van der Waals surface area contributed by atoms with E-state index in [2.05, 4.69) is 18.3 Å². The third-order valence-corrected chi connectivity index (χ3v) is 3.42. The molecule has 0 saturated heterocycles. The van der Waals surface area contributed by atoms with Gasteiger partial charge in [-0.25, -0.2) is 0 Å². The first-order valence-electron chi connectivity index (χ1n) is 6.99. The standard InChI is InChI=1S/C17H20N2O2/c1-3-15(19-2)14-6-4-5-7-16(14)21-13-10-8-12(9-11-13)17(18)20/h4-11,15,19H,3H2,1-2H3,(H2,18,20). The highest BCUT2D eigenvalue weighted by Crippen LogP contribution is 2.30. The number of primary amides is 1. The molecule has 3 N–H and O–H groups in total. The van der Waals surface area contributed by atoms with Crippen LogP contribution in [0.4, 0.5) is 0 Å². The number of nitrogens with one attached hydrogen (secondary N) is 1. The smallest absolute Gasteiger partial charge is 0.248 e. The molecule has 0 aliphatic rings. The number of hydrogen-bond donors (Lipinski definition) is 2. The van der Waals surface area contributed by atoms with Crippen molar-refractivity contribution in [2.45, 2.75) is 19.4 Å². The number of nitrogens with two attached hydrogens (primary N) is 1. The van der Waals surface area contributed by atoms with Crippen LogP contribution in [0.25, 0.3) is 0 Å². The molecule has 0 heterocycles. The average Bonchev–Trinajstić information content (AvgIpc) is 2.50. The molecule has 0 saturated carbocycles. The summed E-state index contributed by atoms with van der Waals surface area (Å²) in [5, 5.41) is 3.28. The first kappa shape index (κ1) is 15.1. The van der Waals surface area contributed by atoms with Gasteiger partial charge in [-0.15, -0.1) is 0 Å². The van der Waals surface area contributed by atoms with Crippen LogP contribution >= 0.6 is 0 Å². The minimum absolute atomic E-state index is 0.242. The Bertz CT molecular complexity index is 604. The van der Waals surface area contributed by atoms with Gasteiger partial charge in [0.25, 0.3) is 0 Å². The summed E-state index contributed by atoms with van der Waals surface area (Å²) in [5.41, 5.74) is 6.81. The van der Waals surface area contributed by atoms with Crippen molar-refractivity contribution in [1.29, 1.82) is 0 Å². The number of amides is 1. The van der Waals surface area contributed by atoms with Crippen molar-refractivity contribution in [2.75, 3.05) is 7.05 Å². The minimum Gasteiger partial charge on any atom is -0.457 e. The van der Waals surface area contributed by atoms with Gasteiger partial charge in [0.1, 0.15) is 11.5 Å². The molecule has 0 radical (unpaired) electrons. The minimum atomic E-state index is -0.441. The molecule has 2 aromatic rings.